The van der Waals surface area contributed by atoms with Gasteiger partial charge in [0.15, 0.2) is 6.04 Å². The van der Waals surface area contributed by atoms with Crippen LogP contribution in [-0.4, -0.2) is 37.7 Å². The number of rotatable bonds is 8. The molecule has 0 aromatic carbocycles. The summed E-state index contributed by atoms with van der Waals surface area (Å²) in [5, 5.41) is 2.48. The molecule has 0 spiro atoms. The van der Waals surface area contributed by atoms with E-state index in [4.69, 9.17) is 9.47 Å². The minimum atomic E-state index is -0.734. The fraction of sp³-hybridized carbons (Fsp3) is 0.636. The highest BCUT2D eigenvalue weighted by Gasteiger charge is 2.20. The van der Waals surface area contributed by atoms with Crippen LogP contribution in [0.4, 0.5) is 0 Å². The number of ether oxygens (including phenoxy) is 2. The number of hydrogen-bond donors (Lipinski definition) is 1. The molecule has 16 heavy (non-hydrogen) atoms. The number of nitrogens with one attached hydrogen (secondary N) is 1. The third kappa shape index (κ3) is 7.00. The SMILES string of the molecule is C=CCCOC[C@@H](NC(C)=O)C(=O)OCC. The van der Waals surface area contributed by atoms with Crippen LogP contribution in [0, 0.1) is 0 Å². The molecule has 0 aliphatic rings. The van der Waals surface area contributed by atoms with E-state index in [9.17, 15) is 9.59 Å². The van der Waals surface area contributed by atoms with Crippen molar-refractivity contribution in [2.45, 2.75) is 26.3 Å². The summed E-state index contributed by atoms with van der Waals surface area (Å²) >= 11 is 0. The van der Waals surface area contributed by atoms with Gasteiger partial charge in [0.1, 0.15) is 0 Å². The van der Waals surface area contributed by atoms with Gasteiger partial charge in [-0.15, -0.1) is 6.58 Å². The van der Waals surface area contributed by atoms with E-state index in [-0.39, 0.29) is 19.1 Å². The first-order chi connectivity index (χ1) is 7.61. The summed E-state index contributed by atoms with van der Waals surface area (Å²) in [6, 6.07) is -0.734. The summed E-state index contributed by atoms with van der Waals surface area (Å²) in [6.45, 7) is 7.47. The van der Waals surface area contributed by atoms with Crippen molar-refractivity contribution in [1.82, 2.24) is 5.32 Å². The monoisotopic (exact) mass is 229 g/mol. The second-order valence-corrected chi connectivity index (χ2v) is 3.16. The molecule has 0 aliphatic heterocycles. The summed E-state index contributed by atoms with van der Waals surface area (Å²) in [5.41, 5.74) is 0. The lowest BCUT2D eigenvalue weighted by Gasteiger charge is -2.16. The van der Waals surface area contributed by atoms with Gasteiger partial charge < -0.3 is 14.8 Å². The third-order valence-electron chi connectivity index (χ3n) is 1.70. The van der Waals surface area contributed by atoms with Crippen LogP contribution in [0.5, 0.6) is 0 Å². The van der Waals surface area contributed by atoms with Gasteiger partial charge >= 0.3 is 5.97 Å². The molecule has 0 radical (unpaired) electrons. The van der Waals surface area contributed by atoms with Gasteiger partial charge in [-0.2, -0.15) is 0 Å². The molecule has 5 heteroatoms. The molecule has 0 saturated heterocycles. The number of amides is 1. The molecule has 0 saturated carbocycles. The Balaban J connectivity index is 4.04. The van der Waals surface area contributed by atoms with Crippen LogP contribution in [0.1, 0.15) is 20.3 Å². The molecule has 0 heterocycles. The van der Waals surface area contributed by atoms with Crippen molar-refractivity contribution >= 4 is 11.9 Å². The number of esters is 1. The minimum Gasteiger partial charge on any atom is -0.464 e. The third-order valence-corrected chi connectivity index (χ3v) is 1.70. The first-order valence-electron chi connectivity index (χ1n) is 5.24. The summed E-state index contributed by atoms with van der Waals surface area (Å²) in [7, 11) is 0. The van der Waals surface area contributed by atoms with Crippen LogP contribution >= 0.6 is 0 Å². The largest absolute Gasteiger partial charge is 0.464 e. The maximum Gasteiger partial charge on any atom is 0.331 e. The normalized spacial score (nSPS) is 11.6. The van der Waals surface area contributed by atoms with Gasteiger partial charge in [0, 0.05) is 6.92 Å². The second kappa shape index (κ2) is 8.91. The zero-order valence-electron chi connectivity index (χ0n) is 9.82. The van der Waals surface area contributed by atoms with Crippen molar-refractivity contribution < 1.29 is 19.1 Å². The van der Waals surface area contributed by atoms with Crippen LogP contribution in [0.15, 0.2) is 12.7 Å². The van der Waals surface area contributed by atoms with Gasteiger partial charge in [-0.05, 0) is 13.3 Å². The van der Waals surface area contributed by atoms with Crippen LogP contribution in [0.25, 0.3) is 0 Å². The average Bonchev–Trinajstić information content (AvgIpc) is 2.22. The van der Waals surface area contributed by atoms with Gasteiger partial charge in [-0.1, -0.05) is 6.08 Å². The Kier molecular flexibility index (Phi) is 8.15. The van der Waals surface area contributed by atoms with Crippen LogP contribution < -0.4 is 5.32 Å². The van der Waals surface area contributed by atoms with E-state index in [1.165, 1.54) is 6.92 Å². The van der Waals surface area contributed by atoms with Gasteiger partial charge in [-0.25, -0.2) is 4.79 Å². The minimum absolute atomic E-state index is 0.117. The second-order valence-electron chi connectivity index (χ2n) is 3.16. The number of carbonyl (C=O) groups is 2. The lowest BCUT2D eigenvalue weighted by atomic mass is 10.3. The van der Waals surface area contributed by atoms with Gasteiger partial charge in [0.05, 0.1) is 19.8 Å². The molecule has 92 valence electrons. The highest BCUT2D eigenvalue weighted by atomic mass is 16.5. The molecular weight excluding hydrogens is 210 g/mol. The molecule has 0 aliphatic carbocycles. The molecular formula is C11H19NO4. The van der Waals surface area contributed by atoms with E-state index < -0.39 is 12.0 Å². The van der Waals surface area contributed by atoms with Crippen molar-refractivity contribution in [1.29, 1.82) is 0 Å². The van der Waals surface area contributed by atoms with Crippen molar-refractivity contribution in [3.63, 3.8) is 0 Å². The maximum atomic E-state index is 11.4. The van der Waals surface area contributed by atoms with Crippen molar-refractivity contribution in [3.8, 4) is 0 Å². The molecule has 0 aromatic heterocycles. The topological polar surface area (TPSA) is 64.6 Å². The highest BCUT2D eigenvalue weighted by molar-refractivity contribution is 5.83. The lowest BCUT2D eigenvalue weighted by Crippen LogP contribution is -2.44. The Morgan fingerprint density at radius 1 is 1.50 bits per heavy atom. The van der Waals surface area contributed by atoms with Gasteiger partial charge in [0.25, 0.3) is 0 Å². The Hall–Kier alpha value is -1.36. The summed E-state index contributed by atoms with van der Waals surface area (Å²) < 4.78 is 10.0. The fourth-order valence-electron chi connectivity index (χ4n) is 1.02. The van der Waals surface area contributed by atoms with E-state index in [0.29, 0.717) is 13.0 Å². The Labute approximate surface area is 95.8 Å². The molecule has 0 rings (SSSR count). The van der Waals surface area contributed by atoms with E-state index in [1.807, 2.05) is 0 Å². The molecule has 0 bridgehead atoms. The van der Waals surface area contributed by atoms with Crippen LogP contribution in [-0.2, 0) is 19.1 Å². The van der Waals surface area contributed by atoms with E-state index in [1.54, 1.807) is 13.0 Å². The van der Waals surface area contributed by atoms with Gasteiger partial charge in [0.2, 0.25) is 5.91 Å². The maximum absolute atomic E-state index is 11.4. The van der Waals surface area contributed by atoms with Crippen LogP contribution in [0.3, 0.4) is 0 Å². The van der Waals surface area contributed by atoms with Crippen molar-refractivity contribution in [2.75, 3.05) is 19.8 Å². The number of carbonyl (C=O) groups excluding carboxylic acids is 2. The molecule has 1 atom stereocenters. The molecule has 0 aromatic rings. The smallest absolute Gasteiger partial charge is 0.331 e. The first kappa shape index (κ1) is 14.6. The van der Waals surface area contributed by atoms with E-state index in [0.717, 1.165) is 0 Å². The molecule has 1 N–H and O–H groups in total. The summed E-state index contributed by atoms with van der Waals surface area (Å²) in [4.78, 5) is 22.3. The zero-order chi connectivity index (χ0) is 12.4. The molecule has 1 amide bonds. The molecule has 0 fully saturated rings. The zero-order valence-corrected chi connectivity index (χ0v) is 9.82. The standard InChI is InChI=1S/C11H19NO4/c1-4-6-7-15-8-10(12-9(3)13)11(14)16-5-2/h4,10H,1,5-8H2,2-3H3,(H,12,13)/t10-/m1/s1. The molecule has 5 nitrogen and oxygen atoms in total. The van der Waals surface area contributed by atoms with Crippen molar-refractivity contribution in [2.24, 2.45) is 0 Å². The van der Waals surface area contributed by atoms with Crippen LogP contribution in [0.2, 0.25) is 0 Å². The Morgan fingerprint density at radius 3 is 2.69 bits per heavy atom. The number of hydrogen-bond acceptors (Lipinski definition) is 4. The molecule has 0 unspecified atom stereocenters. The van der Waals surface area contributed by atoms with Crippen molar-refractivity contribution in [3.05, 3.63) is 12.7 Å². The average molecular weight is 229 g/mol. The fourth-order valence-corrected chi connectivity index (χ4v) is 1.02. The Morgan fingerprint density at radius 2 is 2.19 bits per heavy atom. The first-order valence-corrected chi connectivity index (χ1v) is 5.24. The highest BCUT2D eigenvalue weighted by Crippen LogP contribution is 1.93. The predicted molar refractivity (Wildman–Crippen MR) is 59.9 cm³/mol. The quantitative estimate of drug-likeness (QED) is 0.377. The van der Waals surface area contributed by atoms with E-state index >= 15 is 0 Å². The lowest BCUT2D eigenvalue weighted by molar-refractivity contribution is -0.149. The predicted octanol–water partition coefficient (Wildman–Crippen LogP) is 0.647. The Bertz CT molecular complexity index is 240. The summed E-state index contributed by atoms with van der Waals surface area (Å²) in [5.74, 6) is -0.762. The van der Waals surface area contributed by atoms with Gasteiger partial charge in [-0.3, -0.25) is 4.79 Å². The van der Waals surface area contributed by atoms with E-state index in [2.05, 4.69) is 11.9 Å². The summed E-state index contributed by atoms with van der Waals surface area (Å²) in [6.07, 6.45) is 2.42.